The summed E-state index contributed by atoms with van der Waals surface area (Å²) in [4.78, 5) is 31.4. The minimum Gasteiger partial charge on any atom is -0.319 e. The fourth-order valence-electron chi connectivity index (χ4n) is 6.50. The highest BCUT2D eigenvalue weighted by molar-refractivity contribution is 7.14. The number of rotatable bonds is 5. The summed E-state index contributed by atoms with van der Waals surface area (Å²) in [5.74, 6) is -2.09. The maximum atomic E-state index is 14.0. The predicted octanol–water partition coefficient (Wildman–Crippen LogP) is 7.97. The zero-order chi connectivity index (χ0) is 29.0. The molecule has 0 fully saturated rings. The van der Waals surface area contributed by atoms with Gasteiger partial charge in [-0.3, -0.25) is 9.59 Å². The topological polar surface area (TPSA) is 71.1 Å². The van der Waals surface area contributed by atoms with Gasteiger partial charge in [-0.1, -0.05) is 60.7 Å². The van der Waals surface area contributed by atoms with Crippen LogP contribution in [0.25, 0.3) is 11.3 Å². The molecule has 4 aromatic carbocycles. The molecule has 208 valence electrons. The lowest BCUT2D eigenvalue weighted by Gasteiger charge is -2.50. The molecule has 0 saturated carbocycles. The molecular formula is C34H25F2N3O2S. The van der Waals surface area contributed by atoms with E-state index in [2.05, 4.69) is 52.0 Å². The standard InChI is InChI=1S/C34H25F2N3O2S/c1-34(17-26-22-9-2-4-11-24(22)30(34)25-12-5-3-10-23(25)26)32(41)39-33-38-29(18-42-33)19-7-6-8-20(15-19)31(40)37-28-14-13-21(35)16-27(28)36/h2-16,18,26,30H,17H2,1H3,(H,37,40)(H,38,39,41). The molecule has 2 bridgehead atoms. The molecule has 1 atom stereocenters. The minimum absolute atomic E-state index is 0.0597. The van der Waals surface area contributed by atoms with E-state index in [9.17, 15) is 18.4 Å². The maximum absolute atomic E-state index is 14.0. The fraction of sp³-hybridized carbons (Fsp3) is 0.147. The molecule has 0 radical (unpaired) electrons. The number of carbonyl (C=O) groups excluding carboxylic acids is 2. The Balaban J connectivity index is 1.12. The van der Waals surface area contributed by atoms with Crippen LogP contribution in [0.1, 0.15) is 57.8 Å². The summed E-state index contributed by atoms with van der Waals surface area (Å²) in [5.41, 5.74) is 5.81. The number of benzene rings is 4. The fourth-order valence-corrected chi connectivity index (χ4v) is 7.21. The largest absolute Gasteiger partial charge is 0.319 e. The van der Waals surface area contributed by atoms with Crippen molar-refractivity contribution >= 4 is 34.0 Å². The molecule has 2 amide bonds. The highest BCUT2D eigenvalue weighted by Gasteiger charge is 2.54. The molecular weight excluding hydrogens is 552 g/mol. The van der Waals surface area contributed by atoms with E-state index >= 15 is 0 Å². The van der Waals surface area contributed by atoms with Crippen LogP contribution in [0.15, 0.2) is 96.4 Å². The van der Waals surface area contributed by atoms with E-state index in [1.165, 1.54) is 39.7 Å². The van der Waals surface area contributed by atoms with Crippen molar-refractivity contribution in [3.8, 4) is 11.3 Å². The van der Waals surface area contributed by atoms with Gasteiger partial charge in [0, 0.05) is 34.4 Å². The quantitative estimate of drug-likeness (QED) is 0.223. The van der Waals surface area contributed by atoms with E-state index in [0.717, 1.165) is 6.07 Å². The van der Waals surface area contributed by atoms with Crippen molar-refractivity contribution in [3.05, 3.63) is 136 Å². The maximum Gasteiger partial charge on any atom is 0.255 e. The summed E-state index contributed by atoms with van der Waals surface area (Å²) in [7, 11) is 0. The number of aromatic nitrogens is 1. The number of anilines is 2. The number of nitrogens with zero attached hydrogens (tertiary/aromatic N) is 1. The van der Waals surface area contributed by atoms with E-state index in [4.69, 9.17) is 0 Å². The second-order valence-corrected chi connectivity index (χ2v) is 11.9. The molecule has 8 rings (SSSR count). The highest BCUT2D eigenvalue weighted by Crippen LogP contribution is 2.61. The second-order valence-electron chi connectivity index (χ2n) is 11.0. The molecule has 5 nitrogen and oxygen atoms in total. The molecule has 42 heavy (non-hydrogen) atoms. The number of hydrogen-bond donors (Lipinski definition) is 2. The van der Waals surface area contributed by atoms with Crippen LogP contribution in [-0.2, 0) is 4.79 Å². The Morgan fingerprint density at radius 3 is 2.24 bits per heavy atom. The first-order chi connectivity index (χ1) is 20.3. The van der Waals surface area contributed by atoms with E-state index in [1.54, 1.807) is 18.2 Å². The van der Waals surface area contributed by atoms with E-state index in [1.807, 2.05) is 30.5 Å². The van der Waals surface area contributed by atoms with Gasteiger partial charge in [0.1, 0.15) is 11.6 Å². The van der Waals surface area contributed by atoms with Crippen LogP contribution >= 0.6 is 11.3 Å². The summed E-state index contributed by atoms with van der Waals surface area (Å²) in [6.45, 7) is 2.05. The smallest absolute Gasteiger partial charge is 0.255 e. The van der Waals surface area contributed by atoms with Crippen molar-refractivity contribution in [2.45, 2.75) is 25.2 Å². The van der Waals surface area contributed by atoms with Crippen LogP contribution < -0.4 is 10.6 Å². The van der Waals surface area contributed by atoms with Gasteiger partial charge >= 0.3 is 0 Å². The van der Waals surface area contributed by atoms with Gasteiger partial charge in [0.05, 0.1) is 16.8 Å². The Labute approximate surface area is 245 Å². The average molecular weight is 578 g/mol. The van der Waals surface area contributed by atoms with E-state index < -0.39 is 23.0 Å². The molecule has 1 aromatic heterocycles. The van der Waals surface area contributed by atoms with Crippen LogP contribution in [0.5, 0.6) is 0 Å². The first-order valence-electron chi connectivity index (χ1n) is 13.6. The van der Waals surface area contributed by atoms with Crippen molar-refractivity contribution in [3.63, 3.8) is 0 Å². The zero-order valence-electron chi connectivity index (χ0n) is 22.5. The molecule has 0 aliphatic heterocycles. The van der Waals surface area contributed by atoms with E-state index in [-0.39, 0.29) is 29.0 Å². The van der Waals surface area contributed by atoms with Crippen molar-refractivity contribution in [2.75, 3.05) is 10.6 Å². The van der Waals surface area contributed by atoms with Crippen molar-refractivity contribution in [1.29, 1.82) is 0 Å². The first-order valence-corrected chi connectivity index (χ1v) is 14.5. The van der Waals surface area contributed by atoms with Gasteiger partial charge in [-0.15, -0.1) is 11.3 Å². The summed E-state index contributed by atoms with van der Waals surface area (Å²) in [6, 6.07) is 26.6. The molecule has 1 heterocycles. The molecule has 5 aromatic rings. The van der Waals surface area contributed by atoms with Gasteiger partial charge in [0.2, 0.25) is 5.91 Å². The van der Waals surface area contributed by atoms with Crippen LogP contribution in [-0.4, -0.2) is 16.8 Å². The minimum atomic E-state index is -0.855. The van der Waals surface area contributed by atoms with Gasteiger partial charge in [0.25, 0.3) is 5.91 Å². The van der Waals surface area contributed by atoms with Gasteiger partial charge in [0.15, 0.2) is 5.13 Å². The number of hydrogen-bond acceptors (Lipinski definition) is 4. The average Bonchev–Trinajstić information content (AvgIpc) is 3.47. The highest BCUT2D eigenvalue weighted by atomic mass is 32.1. The predicted molar refractivity (Wildman–Crippen MR) is 160 cm³/mol. The van der Waals surface area contributed by atoms with Crippen LogP contribution in [0, 0.1) is 17.0 Å². The molecule has 8 heteroatoms. The van der Waals surface area contributed by atoms with Crippen molar-refractivity contribution < 1.29 is 18.4 Å². The van der Waals surface area contributed by atoms with Crippen molar-refractivity contribution in [2.24, 2.45) is 5.41 Å². The first kappa shape index (κ1) is 26.2. The van der Waals surface area contributed by atoms with Crippen LogP contribution in [0.2, 0.25) is 0 Å². The number of nitrogens with one attached hydrogen (secondary N) is 2. The summed E-state index contributed by atoms with van der Waals surface area (Å²) >= 11 is 1.32. The molecule has 1 unspecified atom stereocenters. The van der Waals surface area contributed by atoms with Gasteiger partial charge < -0.3 is 10.6 Å². The van der Waals surface area contributed by atoms with Crippen LogP contribution in [0.3, 0.4) is 0 Å². The lowest BCUT2D eigenvalue weighted by Crippen LogP contribution is -2.47. The van der Waals surface area contributed by atoms with Gasteiger partial charge in [-0.25, -0.2) is 13.8 Å². The third-order valence-corrected chi connectivity index (χ3v) is 9.23. The number of thiazole rings is 1. The molecule has 0 saturated heterocycles. The summed E-state index contributed by atoms with van der Waals surface area (Å²) in [6.07, 6.45) is 0.710. The number of carbonyl (C=O) groups is 2. The third-order valence-electron chi connectivity index (χ3n) is 8.47. The van der Waals surface area contributed by atoms with E-state index in [0.29, 0.717) is 28.9 Å². The Hall–Kier alpha value is -4.69. The lowest BCUT2D eigenvalue weighted by molar-refractivity contribution is -0.126. The SMILES string of the molecule is CC1(C(=O)Nc2nc(-c3cccc(C(=O)Nc4ccc(F)cc4F)c3)cs2)CC2c3ccccc3C1c1ccccc12. The summed E-state index contributed by atoms with van der Waals surface area (Å²) < 4.78 is 27.3. The monoisotopic (exact) mass is 577 g/mol. The van der Waals surface area contributed by atoms with Gasteiger partial charge in [-0.2, -0.15) is 0 Å². The van der Waals surface area contributed by atoms with Crippen molar-refractivity contribution in [1.82, 2.24) is 4.98 Å². The number of amides is 2. The van der Waals surface area contributed by atoms with Gasteiger partial charge in [-0.05, 0) is 59.9 Å². The number of halogens is 2. The second kappa shape index (κ2) is 9.99. The Morgan fingerprint density at radius 2 is 1.55 bits per heavy atom. The lowest BCUT2D eigenvalue weighted by atomic mass is 9.52. The normalized spacial score (nSPS) is 20.0. The Kier molecular flexibility index (Phi) is 6.24. The summed E-state index contributed by atoms with van der Waals surface area (Å²) in [5, 5.41) is 7.86. The zero-order valence-corrected chi connectivity index (χ0v) is 23.3. The molecule has 2 N–H and O–H groups in total. The Morgan fingerprint density at radius 1 is 0.857 bits per heavy atom. The third kappa shape index (κ3) is 4.30. The van der Waals surface area contributed by atoms with Crippen LogP contribution in [0.4, 0.5) is 19.6 Å². The Bertz CT molecular complexity index is 1840. The molecule has 3 aliphatic carbocycles. The molecule has 3 aliphatic rings. The molecule has 0 spiro atoms. The number of fused-ring (bicyclic) bond motifs is 1.